The van der Waals surface area contributed by atoms with Crippen LogP contribution in [-0.2, 0) is 4.79 Å². The molecule has 1 aliphatic rings. The zero-order chi connectivity index (χ0) is 11.6. The summed E-state index contributed by atoms with van der Waals surface area (Å²) in [6.45, 7) is 4.79. The molecule has 1 aromatic rings. The van der Waals surface area contributed by atoms with Crippen LogP contribution in [-0.4, -0.2) is 18.0 Å². The maximum absolute atomic E-state index is 12.1. The molecular weight excluding hydrogens is 204 g/mol. The van der Waals surface area contributed by atoms with Crippen molar-refractivity contribution < 1.29 is 9.21 Å². The number of furan rings is 1. The van der Waals surface area contributed by atoms with Crippen LogP contribution in [0.3, 0.4) is 0 Å². The van der Waals surface area contributed by atoms with Gasteiger partial charge in [-0.3, -0.25) is 4.79 Å². The van der Waals surface area contributed by atoms with Gasteiger partial charge in [0.15, 0.2) is 0 Å². The molecule has 0 aromatic carbocycles. The van der Waals surface area contributed by atoms with Crippen molar-refractivity contribution in [2.75, 3.05) is 6.54 Å². The van der Waals surface area contributed by atoms with E-state index in [0.29, 0.717) is 0 Å². The molecule has 1 aliphatic heterocycles. The molecule has 1 unspecified atom stereocenters. The molecule has 0 aliphatic carbocycles. The van der Waals surface area contributed by atoms with Crippen LogP contribution in [0, 0.1) is 0 Å². The van der Waals surface area contributed by atoms with Gasteiger partial charge in [-0.25, -0.2) is 0 Å². The van der Waals surface area contributed by atoms with Crippen LogP contribution in [0.2, 0.25) is 0 Å². The Bertz CT molecular complexity index is 353. The fourth-order valence-corrected chi connectivity index (χ4v) is 2.05. The van der Waals surface area contributed by atoms with E-state index in [1.807, 2.05) is 26.0 Å². The Balaban J connectivity index is 1.97. The highest BCUT2D eigenvalue weighted by molar-refractivity contribution is 5.86. The fraction of sp³-hybridized carbons (Fsp3) is 0.583. The number of hydrogen-bond acceptors (Lipinski definition) is 3. The summed E-state index contributed by atoms with van der Waals surface area (Å²) in [7, 11) is 0. The SMILES string of the molecule is C[C@H](NC(=O)C1(C)CCCN1)c1ccco1. The fourth-order valence-electron chi connectivity index (χ4n) is 2.05. The summed E-state index contributed by atoms with van der Waals surface area (Å²) in [4.78, 5) is 12.1. The summed E-state index contributed by atoms with van der Waals surface area (Å²) in [6.07, 6.45) is 3.57. The molecule has 1 saturated heterocycles. The molecule has 16 heavy (non-hydrogen) atoms. The Morgan fingerprint density at radius 2 is 2.50 bits per heavy atom. The molecule has 1 aromatic heterocycles. The van der Waals surface area contributed by atoms with Gasteiger partial charge in [0.25, 0.3) is 0 Å². The van der Waals surface area contributed by atoms with E-state index >= 15 is 0 Å². The van der Waals surface area contributed by atoms with E-state index in [1.165, 1.54) is 0 Å². The minimum absolute atomic E-state index is 0.0499. The van der Waals surface area contributed by atoms with E-state index in [4.69, 9.17) is 4.42 Å². The van der Waals surface area contributed by atoms with Gasteiger partial charge >= 0.3 is 0 Å². The monoisotopic (exact) mass is 222 g/mol. The van der Waals surface area contributed by atoms with Gasteiger partial charge < -0.3 is 15.1 Å². The number of nitrogens with one attached hydrogen (secondary N) is 2. The number of hydrogen-bond donors (Lipinski definition) is 2. The van der Waals surface area contributed by atoms with Gasteiger partial charge in [-0.1, -0.05) is 0 Å². The van der Waals surface area contributed by atoms with Gasteiger partial charge in [-0.05, 0) is 45.4 Å². The van der Waals surface area contributed by atoms with E-state index < -0.39 is 5.54 Å². The summed E-state index contributed by atoms with van der Waals surface area (Å²) in [5.74, 6) is 0.837. The van der Waals surface area contributed by atoms with E-state index in [9.17, 15) is 4.79 Å². The van der Waals surface area contributed by atoms with Crippen molar-refractivity contribution in [3.8, 4) is 0 Å². The minimum Gasteiger partial charge on any atom is -0.467 e. The van der Waals surface area contributed by atoms with Crippen LogP contribution in [0.25, 0.3) is 0 Å². The first-order valence-electron chi connectivity index (χ1n) is 5.71. The van der Waals surface area contributed by atoms with Crippen molar-refractivity contribution >= 4 is 5.91 Å². The molecule has 1 fully saturated rings. The molecule has 0 spiro atoms. The van der Waals surface area contributed by atoms with E-state index in [2.05, 4.69) is 10.6 Å². The second-order valence-electron chi connectivity index (χ2n) is 4.57. The second kappa shape index (κ2) is 4.29. The van der Waals surface area contributed by atoms with E-state index in [-0.39, 0.29) is 11.9 Å². The maximum atomic E-state index is 12.1. The first-order chi connectivity index (χ1) is 7.62. The largest absolute Gasteiger partial charge is 0.467 e. The van der Waals surface area contributed by atoms with Crippen LogP contribution < -0.4 is 10.6 Å². The second-order valence-corrected chi connectivity index (χ2v) is 4.57. The molecule has 2 heterocycles. The summed E-state index contributed by atoms with van der Waals surface area (Å²) >= 11 is 0. The molecule has 88 valence electrons. The quantitative estimate of drug-likeness (QED) is 0.816. The Morgan fingerprint density at radius 3 is 3.06 bits per heavy atom. The third kappa shape index (κ3) is 2.11. The zero-order valence-corrected chi connectivity index (χ0v) is 9.75. The lowest BCUT2D eigenvalue weighted by Crippen LogP contribution is -2.51. The zero-order valence-electron chi connectivity index (χ0n) is 9.75. The first kappa shape index (κ1) is 11.2. The lowest BCUT2D eigenvalue weighted by atomic mass is 9.99. The highest BCUT2D eigenvalue weighted by atomic mass is 16.3. The number of rotatable bonds is 3. The highest BCUT2D eigenvalue weighted by Gasteiger charge is 2.36. The van der Waals surface area contributed by atoms with Crippen molar-refractivity contribution in [3.05, 3.63) is 24.2 Å². The molecule has 0 radical (unpaired) electrons. The van der Waals surface area contributed by atoms with Crippen LogP contribution in [0.5, 0.6) is 0 Å². The molecule has 0 saturated carbocycles. The van der Waals surface area contributed by atoms with Crippen molar-refractivity contribution in [2.24, 2.45) is 0 Å². The molecule has 2 atom stereocenters. The van der Waals surface area contributed by atoms with Gasteiger partial charge in [-0.2, -0.15) is 0 Å². The summed E-state index contributed by atoms with van der Waals surface area (Å²) in [6, 6.07) is 3.62. The smallest absolute Gasteiger partial charge is 0.240 e. The molecule has 4 nitrogen and oxygen atoms in total. The number of carbonyl (C=O) groups is 1. The van der Waals surface area contributed by atoms with Crippen LogP contribution in [0.15, 0.2) is 22.8 Å². The third-order valence-electron chi connectivity index (χ3n) is 3.19. The predicted molar refractivity (Wildman–Crippen MR) is 60.9 cm³/mol. The number of amides is 1. The van der Waals surface area contributed by atoms with Crippen molar-refractivity contribution in [1.29, 1.82) is 0 Å². The average Bonchev–Trinajstić information content (AvgIpc) is 2.88. The van der Waals surface area contributed by atoms with Crippen LogP contribution >= 0.6 is 0 Å². The Labute approximate surface area is 95.4 Å². The Morgan fingerprint density at radius 1 is 1.69 bits per heavy atom. The molecule has 0 bridgehead atoms. The standard InChI is InChI=1S/C12H18N2O2/c1-9(10-5-3-8-16-10)14-11(15)12(2)6-4-7-13-12/h3,5,8-9,13H,4,6-7H2,1-2H3,(H,14,15)/t9-,12?/m0/s1. The van der Waals surface area contributed by atoms with E-state index in [0.717, 1.165) is 25.1 Å². The van der Waals surface area contributed by atoms with Gasteiger partial charge in [0.1, 0.15) is 5.76 Å². The molecule has 4 heteroatoms. The molecule has 2 rings (SSSR count). The highest BCUT2D eigenvalue weighted by Crippen LogP contribution is 2.20. The van der Waals surface area contributed by atoms with Crippen molar-refractivity contribution in [3.63, 3.8) is 0 Å². The first-order valence-corrected chi connectivity index (χ1v) is 5.71. The van der Waals surface area contributed by atoms with Crippen LogP contribution in [0.1, 0.15) is 38.5 Å². The van der Waals surface area contributed by atoms with Gasteiger partial charge in [0.2, 0.25) is 5.91 Å². The number of carbonyl (C=O) groups excluding carboxylic acids is 1. The predicted octanol–water partition coefficient (Wildman–Crippen LogP) is 1.60. The summed E-state index contributed by atoms with van der Waals surface area (Å²) in [5.41, 5.74) is -0.416. The Hall–Kier alpha value is -1.29. The van der Waals surface area contributed by atoms with E-state index in [1.54, 1.807) is 6.26 Å². The lowest BCUT2D eigenvalue weighted by Gasteiger charge is -2.25. The topological polar surface area (TPSA) is 54.3 Å². The van der Waals surface area contributed by atoms with Crippen molar-refractivity contribution in [1.82, 2.24) is 10.6 Å². The lowest BCUT2D eigenvalue weighted by molar-refractivity contribution is -0.127. The van der Waals surface area contributed by atoms with Gasteiger partial charge in [0.05, 0.1) is 17.8 Å². The van der Waals surface area contributed by atoms with Crippen molar-refractivity contribution in [2.45, 2.75) is 38.3 Å². The third-order valence-corrected chi connectivity index (χ3v) is 3.19. The summed E-state index contributed by atoms with van der Waals surface area (Å²) in [5, 5.41) is 6.21. The average molecular weight is 222 g/mol. The Kier molecular flexibility index (Phi) is 3.01. The van der Waals surface area contributed by atoms with Crippen LogP contribution in [0.4, 0.5) is 0 Å². The normalized spacial score (nSPS) is 26.6. The maximum Gasteiger partial charge on any atom is 0.240 e. The molecular formula is C12H18N2O2. The van der Waals surface area contributed by atoms with Gasteiger partial charge in [-0.15, -0.1) is 0 Å². The molecule has 2 N–H and O–H groups in total. The summed E-state index contributed by atoms with van der Waals surface area (Å²) < 4.78 is 5.26. The molecule has 1 amide bonds. The van der Waals surface area contributed by atoms with Gasteiger partial charge in [0, 0.05) is 0 Å². The minimum atomic E-state index is -0.416.